The molecule has 0 N–H and O–H groups in total. The lowest BCUT2D eigenvalue weighted by Crippen LogP contribution is -2.00. The summed E-state index contributed by atoms with van der Waals surface area (Å²) in [6, 6.07) is 39.4. The van der Waals surface area contributed by atoms with Gasteiger partial charge in [0, 0.05) is 17.5 Å². The molecule has 0 saturated heterocycles. The lowest BCUT2D eigenvalue weighted by molar-refractivity contribution is 0.628. The molecule has 0 aliphatic heterocycles. The molecule has 1 heterocycles. The summed E-state index contributed by atoms with van der Waals surface area (Å²) in [6.07, 6.45) is 1.86. The SMILES string of the molecule is Fc1ccc(N=Cc2cc(-c3ccccc3)n(-c3ccccc3)c2-c2ccccc2)cc1. The Balaban J connectivity index is 1.76. The Morgan fingerprint density at radius 3 is 1.81 bits per heavy atom. The van der Waals surface area contributed by atoms with Crippen molar-refractivity contribution in [1.29, 1.82) is 0 Å². The molecular formula is C29H21FN2. The molecule has 0 aliphatic carbocycles. The largest absolute Gasteiger partial charge is 0.309 e. The zero-order chi connectivity index (χ0) is 21.8. The van der Waals surface area contributed by atoms with Crippen LogP contribution in [-0.4, -0.2) is 10.8 Å². The Morgan fingerprint density at radius 2 is 1.19 bits per heavy atom. The molecule has 0 bridgehead atoms. The molecule has 2 nitrogen and oxygen atoms in total. The number of halogens is 1. The Bertz CT molecular complexity index is 1340. The third-order valence-corrected chi connectivity index (χ3v) is 5.34. The zero-order valence-electron chi connectivity index (χ0n) is 17.4. The second-order valence-electron chi connectivity index (χ2n) is 7.47. The summed E-state index contributed by atoms with van der Waals surface area (Å²) in [7, 11) is 0. The van der Waals surface area contributed by atoms with E-state index >= 15 is 0 Å². The molecule has 0 unspecified atom stereocenters. The van der Waals surface area contributed by atoms with E-state index in [4.69, 9.17) is 0 Å². The maximum Gasteiger partial charge on any atom is 0.123 e. The standard InChI is InChI=1S/C29H21FN2/c30-25-16-18-26(19-17-25)31-21-24-20-28(22-10-4-1-5-11-22)32(27-14-8-3-9-15-27)29(24)23-12-6-2-7-13-23/h1-21H. The average molecular weight is 416 g/mol. The van der Waals surface area contributed by atoms with Crippen molar-refractivity contribution < 1.29 is 4.39 Å². The van der Waals surface area contributed by atoms with Gasteiger partial charge >= 0.3 is 0 Å². The molecule has 154 valence electrons. The van der Waals surface area contributed by atoms with Crippen LogP contribution in [0.3, 0.4) is 0 Å². The van der Waals surface area contributed by atoms with E-state index in [1.165, 1.54) is 12.1 Å². The van der Waals surface area contributed by atoms with Crippen LogP contribution in [-0.2, 0) is 0 Å². The number of aliphatic imine (C=N–C) groups is 1. The van der Waals surface area contributed by atoms with Gasteiger partial charge < -0.3 is 4.57 Å². The van der Waals surface area contributed by atoms with Crippen molar-refractivity contribution in [3.8, 4) is 28.2 Å². The Labute approximate surface area is 187 Å². The minimum absolute atomic E-state index is 0.268. The van der Waals surface area contributed by atoms with Crippen molar-refractivity contribution in [2.45, 2.75) is 0 Å². The summed E-state index contributed by atoms with van der Waals surface area (Å²) in [5.74, 6) is -0.268. The summed E-state index contributed by atoms with van der Waals surface area (Å²) in [6.45, 7) is 0. The molecule has 0 aliphatic rings. The van der Waals surface area contributed by atoms with Gasteiger partial charge in [-0.2, -0.15) is 0 Å². The van der Waals surface area contributed by atoms with Crippen LogP contribution in [0.5, 0.6) is 0 Å². The van der Waals surface area contributed by atoms with Crippen LogP contribution < -0.4 is 0 Å². The van der Waals surface area contributed by atoms with Gasteiger partial charge in [0.15, 0.2) is 0 Å². The van der Waals surface area contributed by atoms with E-state index in [2.05, 4.69) is 52.0 Å². The average Bonchev–Trinajstić information content (AvgIpc) is 3.25. The third kappa shape index (κ3) is 4.01. The molecule has 0 spiro atoms. The third-order valence-electron chi connectivity index (χ3n) is 5.34. The first-order valence-corrected chi connectivity index (χ1v) is 10.5. The van der Waals surface area contributed by atoms with E-state index in [1.54, 1.807) is 12.1 Å². The second kappa shape index (κ2) is 8.86. The Morgan fingerprint density at radius 1 is 0.625 bits per heavy atom. The monoisotopic (exact) mass is 416 g/mol. The highest BCUT2D eigenvalue weighted by Crippen LogP contribution is 2.35. The van der Waals surface area contributed by atoms with Crippen LogP contribution >= 0.6 is 0 Å². The van der Waals surface area contributed by atoms with E-state index < -0.39 is 0 Å². The topological polar surface area (TPSA) is 17.3 Å². The van der Waals surface area contributed by atoms with Gasteiger partial charge in [0.2, 0.25) is 0 Å². The van der Waals surface area contributed by atoms with Crippen molar-refractivity contribution in [3.05, 3.63) is 133 Å². The van der Waals surface area contributed by atoms with Gasteiger partial charge in [-0.15, -0.1) is 0 Å². The predicted octanol–water partition coefficient (Wildman–Crippen LogP) is 7.70. The minimum atomic E-state index is -0.268. The van der Waals surface area contributed by atoms with E-state index in [0.717, 1.165) is 33.8 Å². The number of nitrogens with zero attached hydrogens (tertiary/aromatic N) is 2. The molecule has 0 radical (unpaired) electrons. The molecule has 1 aromatic heterocycles. The number of hydrogen-bond acceptors (Lipinski definition) is 1. The fourth-order valence-corrected chi connectivity index (χ4v) is 3.86. The molecule has 32 heavy (non-hydrogen) atoms. The molecule has 0 atom stereocenters. The molecule has 5 aromatic rings. The second-order valence-corrected chi connectivity index (χ2v) is 7.47. The summed E-state index contributed by atoms with van der Waals surface area (Å²) >= 11 is 0. The highest BCUT2D eigenvalue weighted by Gasteiger charge is 2.18. The number of benzene rings is 4. The van der Waals surface area contributed by atoms with Crippen molar-refractivity contribution in [1.82, 2.24) is 4.57 Å². The lowest BCUT2D eigenvalue weighted by Gasteiger charge is -2.15. The normalized spacial score (nSPS) is 11.2. The summed E-state index contributed by atoms with van der Waals surface area (Å²) in [4.78, 5) is 4.64. The van der Waals surface area contributed by atoms with Crippen LogP contribution in [0, 0.1) is 5.82 Å². The van der Waals surface area contributed by atoms with E-state index in [0.29, 0.717) is 5.69 Å². The van der Waals surface area contributed by atoms with Crippen molar-refractivity contribution in [2.75, 3.05) is 0 Å². The predicted molar refractivity (Wildman–Crippen MR) is 130 cm³/mol. The molecule has 0 amide bonds. The van der Waals surface area contributed by atoms with Crippen LogP contribution in [0.1, 0.15) is 5.56 Å². The first-order chi connectivity index (χ1) is 15.8. The van der Waals surface area contributed by atoms with Gasteiger partial charge in [-0.05, 0) is 53.6 Å². The smallest absolute Gasteiger partial charge is 0.123 e. The fraction of sp³-hybridized carbons (Fsp3) is 0. The molecule has 4 aromatic carbocycles. The van der Waals surface area contributed by atoms with Gasteiger partial charge in [0.25, 0.3) is 0 Å². The van der Waals surface area contributed by atoms with Crippen molar-refractivity contribution in [3.63, 3.8) is 0 Å². The molecule has 3 heteroatoms. The van der Waals surface area contributed by atoms with E-state index in [9.17, 15) is 4.39 Å². The first-order valence-electron chi connectivity index (χ1n) is 10.5. The fourth-order valence-electron chi connectivity index (χ4n) is 3.86. The Kier molecular flexibility index (Phi) is 5.46. The molecular weight excluding hydrogens is 395 g/mol. The molecule has 0 fully saturated rings. The van der Waals surface area contributed by atoms with Crippen LogP contribution in [0.25, 0.3) is 28.2 Å². The summed E-state index contributed by atoms with van der Waals surface area (Å²) in [5, 5.41) is 0. The van der Waals surface area contributed by atoms with Gasteiger partial charge in [0.1, 0.15) is 5.82 Å². The highest BCUT2D eigenvalue weighted by molar-refractivity contribution is 5.94. The first kappa shape index (κ1) is 19.7. The van der Waals surface area contributed by atoms with E-state index in [1.807, 2.05) is 60.8 Å². The van der Waals surface area contributed by atoms with Crippen LogP contribution in [0.4, 0.5) is 10.1 Å². The summed E-state index contributed by atoms with van der Waals surface area (Å²) < 4.78 is 15.6. The van der Waals surface area contributed by atoms with Crippen molar-refractivity contribution >= 4 is 11.9 Å². The highest BCUT2D eigenvalue weighted by atomic mass is 19.1. The quantitative estimate of drug-likeness (QED) is 0.261. The van der Waals surface area contributed by atoms with E-state index in [-0.39, 0.29) is 5.82 Å². The van der Waals surface area contributed by atoms with Crippen molar-refractivity contribution in [2.24, 2.45) is 4.99 Å². The van der Waals surface area contributed by atoms with Gasteiger partial charge in [-0.25, -0.2) is 4.39 Å². The zero-order valence-corrected chi connectivity index (χ0v) is 17.4. The van der Waals surface area contributed by atoms with Crippen LogP contribution in [0.2, 0.25) is 0 Å². The molecule has 5 rings (SSSR count). The van der Waals surface area contributed by atoms with Gasteiger partial charge in [-0.3, -0.25) is 4.99 Å². The maximum atomic E-state index is 13.3. The minimum Gasteiger partial charge on any atom is -0.309 e. The van der Waals surface area contributed by atoms with Gasteiger partial charge in [0.05, 0.1) is 17.1 Å². The lowest BCUT2D eigenvalue weighted by atomic mass is 10.1. The number of aromatic nitrogens is 1. The van der Waals surface area contributed by atoms with Gasteiger partial charge in [-0.1, -0.05) is 78.9 Å². The number of rotatable bonds is 5. The summed E-state index contributed by atoms with van der Waals surface area (Å²) in [5.41, 5.74) is 7.13. The number of hydrogen-bond donors (Lipinski definition) is 0. The van der Waals surface area contributed by atoms with Crippen LogP contribution in [0.15, 0.2) is 126 Å². The maximum absolute atomic E-state index is 13.3. The molecule has 0 saturated carbocycles. The number of para-hydroxylation sites is 1. The Hall–Kier alpha value is -4.24.